The van der Waals surface area contributed by atoms with Gasteiger partial charge in [-0.2, -0.15) is 0 Å². The third-order valence-electron chi connectivity index (χ3n) is 5.36. The molecule has 1 spiro atoms. The molecule has 0 aliphatic heterocycles. The van der Waals surface area contributed by atoms with Crippen LogP contribution in [0.3, 0.4) is 0 Å². The maximum atomic E-state index is 4.57. The van der Waals surface area contributed by atoms with Crippen LogP contribution >= 0.6 is 42.3 Å². The van der Waals surface area contributed by atoms with Crippen LogP contribution in [0.25, 0.3) is 11.0 Å². The molecule has 5 nitrogen and oxygen atoms in total. The Morgan fingerprint density at radius 1 is 1.28 bits per heavy atom. The molecule has 2 aromatic heterocycles. The molecule has 138 valence electrons. The molecule has 0 unspecified atom stereocenters. The Balaban J connectivity index is 0.000000880. The van der Waals surface area contributed by atoms with Gasteiger partial charge < -0.3 is 4.90 Å². The fourth-order valence-electron chi connectivity index (χ4n) is 4.21. The molecular weight excluding hydrogens is 465 g/mol. The highest BCUT2D eigenvalue weighted by molar-refractivity contribution is 14.2. The highest BCUT2D eigenvalue weighted by Gasteiger charge is 2.53. The number of halogens is 1. The standard InChI is InChI=1S/C15H20IN5S2.C2H6/c1-20(11-7-15(8-11)5-10(6-15)19-22-2)13-12-3-4-21(23-16)14(12)18-9-17-13;1-2/h3-4,9-11,19H,5-8H2,1-2H3;1-2H3. The summed E-state index contributed by atoms with van der Waals surface area (Å²) in [6.07, 6.45) is 11.1. The van der Waals surface area contributed by atoms with Crippen molar-refractivity contribution in [3.05, 3.63) is 18.6 Å². The molecule has 0 atom stereocenters. The average Bonchev–Trinajstić information content (AvgIpc) is 3.00. The lowest BCUT2D eigenvalue weighted by molar-refractivity contribution is -0.0112. The van der Waals surface area contributed by atoms with Crippen LogP contribution in [0.15, 0.2) is 18.6 Å². The van der Waals surface area contributed by atoms with Crippen molar-refractivity contribution < 1.29 is 0 Å². The third-order valence-corrected chi connectivity index (χ3v) is 7.65. The lowest BCUT2D eigenvalue weighted by Crippen LogP contribution is -2.59. The van der Waals surface area contributed by atoms with Crippen molar-refractivity contribution in [1.82, 2.24) is 18.7 Å². The van der Waals surface area contributed by atoms with Crippen LogP contribution in [0.2, 0.25) is 0 Å². The number of nitrogens with one attached hydrogen (secondary N) is 1. The summed E-state index contributed by atoms with van der Waals surface area (Å²) in [6.45, 7) is 4.00. The van der Waals surface area contributed by atoms with Gasteiger partial charge >= 0.3 is 0 Å². The maximum Gasteiger partial charge on any atom is 0.156 e. The molecule has 0 bridgehead atoms. The molecule has 1 N–H and O–H groups in total. The van der Waals surface area contributed by atoms with Gasteiger partial charge in [0.25, 0.3) is 0 Å². The van der Waals surface area contributed by atoms with Gasteiger partial charge in [0.05, 0.1) is 5.39 Å². The average molecular weight is 491 g/mol. The molecule has 2 saturated carbocycles. The van der Waals surface area contributed by atoms with E-state index in [-0.39, 0.29) is 0 Å². The predicted octanol–water partition coefficient (Wildman–Crippen LogP) is 4.92. The molecule has 0 radical (unpaired) electrons. The van der Waals surface area contributed by atoms with Gasteiger partial charge in [-0.3, -0.25) is 8.69 Å². The van der Waals surface area contributed by atoms with Crippen LogP contribution in [-0.2, 0) is 0 Å². The van der Waals surface area contributed by atoms with Crippen LogP contribution in [0, 0.1) is 5.41 Å². The van der Waals surface area contributed by atoms with Gasteiger partial charge in [-0.1, -0.05) is 25.8 Å². The number of fused-ring (bicyclic) bond motifs is 1. The molecule has 2 heterocycles. The van der Waals surface area contributed by atoms with Crippen LogP contribution < -0.4 is 9.62 Å². The van der Waals surface area contributed by atoms with Gasteiger partial charge in [0.2, 0.25) is 0 Å². The molecule has 2 aliphatic carbocycles. The highest BCUT2D eigenvalue weighted by Crippen LogP contribution is 2.57. The normalized spacial score (nSPS) is 27.4. The van der Waals surface area contributed by atoms with Crippen LogP contribution in [0.5, 0.6) is 0 Å². The smallest absolute Gasteiger partial charge is 0.156 e. The van der Waals surface area contributed by atoms with E-state index >= 15 is 0 Å². The van der Waals surface area contributed by atoms with Gasteiger partial charge in [-0.05, 0) is 43.4 Å². The van der Waals surface area contributed by atoms with Crippen LogP contribution in [-0.4, -0.2) is 39.3 Å². The summed E-state index contributed by atoms with van der Waals surface area (Å²) in [7, 11) is 3.82. The van der Waals surface area contributed by atoms with Gasteiger partial charge in [0.1, 0.15) is 12.1 Å². The molecule has 0 aromatic carbocycles. The second-order valence-electron chi connectivity index (χ2n) is 6.75. The summed E-state index contributed by atoms with van der Waals surface area (Å²) >= 11 is 4.03. The minimum atomic E-state index is 0.600. The Morgan fingerprint density at radius 2 is 2.00 bits per heavy atom. The number of nitrogens with zero attached hydrogens (tertiary/aromatic N) is 4. The Hall–Kier alpha value is -0.190. The van der Waals surface area contributed by atoms with E-state index in [2.05, 4.69) is 70.3 Å². The molecule has 0 amide bonds. The minimum absolute atomic E-state index is 0.600. The van der Waals surface area contributed by atoms with E-state index in [9.17, 15) is 0 Å². The Bertz CT molecular complexity index is 708. The third kappa shape index (κ3) is 3.64. The summed E-state index contributed by atoms with van der Waals surface area (Å²) in [5.41, 5.74) is 1.60. The summed E-state index contributed by atoms with van der Waals surface area (Å²) in [6, 6.07) is 3.46. The van der Waals surface area contributed by atoms with E-state index in [0.717, 1.165) is 22.9 Å². The Labute approximate surface area is 171 Å². The zero-order chi connectivity index (χ0) is 18.0. The topological polar surface area (TPSA) is 46.0 Å². The van der Waals surface area contributed by atoms with E-state index < -0.39 is 0 Å². The molecule has 25 heavy (non-hydrogen) atoms. The van der Waals surface area contributed by atoms with Crippen molar-refractivity contribution in [3.8, 4) is 0 Å². The minimum Gasteiger partial charge on any atom is -0.356 e. The second-order valence-corrected chi connectivity index (χ2v) is 9.10. The first-order chi connectivity index (χ1) is 12.2. The quantitative estimate of drug-likeness (QED) is 0.474. The largest absolute Gasteiger partial charge is 0.356 e. The van der Waals surface area contributed by atoms with E-state index in [4.69, 9.17) is 0 Å². The monoisotopic (exact) mass is 491 g/mol. The van der Waals surface area contributed by atoms with E-state index in [0.29, 0.717) is 11.5 Å². The zero-order valence-corrected chi connectivity index (χ0v) is 19.0. The van der Waals surface area contributed by atoms with Crippen LogP contribution in [0.1, 0.15) is 39.5 Å². The molecule has 8 heteroatoms. The van der Waals surface area contributed by atoms with Crippen molar-refractivity contribution in [2.75, 3.05) is 18.2 Å². The first kappa shape index (κ1) is 19.6. The maximum absolute atomic E-state index is 4.57. The van der Waals surface area contributed by atoms with Crippen molar-refractivity contribution >= 4 is 59.1 Å². The van der Waals surface area contributed by atoms with Crippen molar-refractivity contribution in [1.29, 1.82) is 0 Å². The summed E-state index contributed by atoms with van der Waals surface area (Å²) < 4.78 is 5.58. The van der Waals surface area contributed by atoms with Crippen LogP contribution in [0.4, 0.5) is 5.82 Å². The number of aromatic nitrogens is 3. The van der Waals surface area contributed by atoms with Gasteiger partial charge in [-0.25, -0.2) is 9.97 Å². The first-order valence-electron chi connectivity index (χ1n) is 8.78. The number of anilines is 1. The fraction of sp³-hybridized carbons (Fsp3) is 0.647. The van der Waals surface area contributed by atoms with Gasteiger partial charge in [0, 0.05) is 55.7 Å². The Kier molecular flexibility index (Phi) is 6.44. The van der Waals surface area contributed by atoms with Gasteiger partial charge in [-0.15, -0.1) is 0 Å². The molecule has 2 aliphatic rings. The Morgan fingerprint density at radius 3 is 2.64 bits per heavy atom. The molecule has 2 fully saturated rings. The van der Waals surface area contributed by atoms with Crippen molar-refractivity contribution in [2.24, 2.45) is 5.41 Å². The SMILES string of the molecule is CC.CSNC1CC2(C1)CC(N(C)c1ncnc3c1ccn3SI)C2. The zero-order valence-electron chi connectivity index (χ0n) is 15.2. The molecule has 2 aromatic rings. The number of rotatable bonds is 5. The molecule has 4 rings (SSSR count). The molecule has 0 saturated heterocycles. The predicted molar refractivity (Wildman–Crippen MR) is 119 cm³/mol. The van der Waals surface area contributed by atoms with E-state index in [1.807, 2.05) is 13.8 Å². The first-order valence-corrected chi connectivity index (χ1v) is 13.3. The van der Waals surface area contributed by atoms with Gasteiger partial charge in [0.15, 0.2) is 5.65 Å². The van der Waals surface area contributed by atoms with E-state index in [1.54, 1.807) is 27.4 Å². The lowest BCUT2D eigenvalue weighted by Gasteiger charge is -2.59. The highest BCUT2D eigenvalue weighted by atomic mass is 127. The van der Waals surface area contributed by atoms with E-state index in [1.165, 1.54) is 25.7 Å². The number of hydrogen-bond donors (Lipinski definition) is 1. The van der Waals surface area contributed by atoms with Crippen molar-refractivity contribution in [2.45, 2.75) is 51.6 Å². The van der Waals surface area contributed by atoms with Crippen molar-refractivity contribution in [3.63, 3.8) is 0 Å². The summed E-state index contributed by atoms with van der Waals surface area (Å²) in [5, 5.41) is 1.15. The fourth-order valence-corrected chi connectivity index (χ4v) is 5.98. The number of hydrogen-bond acceptors (Lipinski definition) is 6. The lowest BCUT2D eigenvalue weighted by atomic mass is 9.52. The summed E-state index contributed by atoms with van der Waals surface area (Å²) in [4.78, 5) is 11.4. The second kappa shape index (κ2) is 8.22. The molecular formula is C17H26IN5S2. The summed E-state index contributed by atoms with van der Waals surface area (Å²) in [5.74, 6) is 1.07.